The van der Waals surface area contributed by atoms with Gasteiger partial charge in [-0.05, 0) is 53.4 Å². The number of nitrogens with one attached hydrogen (secondary N) is 2. The van der Waals surface area contributed by atoms with E-state index in [0.29, 0.717) is 29.0 Å². The zero-order valence-electron chi connectivity index (χ0n) is 25.3. The number of carbonyl (C=O) groups is 1. The van der Waals surface area contributed by atoms with Gasteiger partial charge in [0.25, 0.3) is 5.91 Å². The van der Waals surface area contributed by atoms with Gasteiger partial charge in [0.15, 0.2) is 5.82 Å². The maximum absolute atomic E-state index is 13.1. The smallest absolute Gasteiger partial charge is 0.255 e. The third-order valence-corrected chi connectivity index (χ3v) is 7.38. The first-order valence-electron chi connectivity index (χ1n) is 14.7. The number of ether oxygens (including phenoxy) is 2. The highest BCUT2D eigenvalue weighted by atomic mass is 16.5. The molecule has 1 aliphatic heterocycles. The second-order valence-electron chi connectivity index (χ2n) is 11.6. The van der Waals surface area contributed by atoms with E-state index in [1.807, 2.05) is 36.4 Å². The number of carbonyl (C=O) groups excluding carboxylic acids is 1. The maximum atomic E-state index is 13.1. The average molecular weight is 598 g/mol. The molecule has 0 atom stereocenters. The Hall–Kier alpha value is -4.58. The van der Waals surface area contributed by atoms with Crippen molar-refractivity contribution in [2.45, 2.75) is 32.8 Å². The van der Waals surface area contributed by atoms with Gasteiger partial charge in [-0.15, -0.1) is 0 Å². The highest BCUT2D eigenvalue weighted by Crippen LogP contribution is 2.30. The summed E-state index contributed by atoms with van der Waals surface area (Å²) < 4.78 is 11.3. The molecular weight excluding hydrogens is 558 g/mol. The number of nitrogens with zero attached hydrogens (tertiary/aromatic N) is 4. The molecule has 0 aliphatic carbocycles. The highest BCUT2D eigenvalue weighted by Gasteiger charge is 2.18. The molecule has 1 fully saturated rings. The molecule has 0 spiro atoms. The minimum atomic E-state index is -0.351. The third-order valence-electron chi connectivity index (χ3n) is 7.38. The van der Waals surface area contributed by atoms with Gasteiger partial charge in [-0.3, -0.25) is 9.69 Å². The largest absolute Gasteiger partial charge is 0.492 e. The SMILES string of the molecule is CC(C)(C)c1ccc(C(=O)Nc2cccc(-c3nc(N)nc(Nc4ccc(OCCN5CCOCC5)cc4)n3)c2CO)cc1. The van der Waals surface area contributed by atoms with E-state index < -0.39 is 0 Å². The lowest BCUT2D eigenvalue weighted by Crippen LogP contribution is -2.38. The predicted molar refractivity (Wildman–Crippen MR) is 171 cm³/mol. The van der Waals surface area contributed by atoms with Gasteiger partial charge < -0.3 is 30.9 Å². The molecule has 0 radical (unpaired) electrons. The van der Waals surface area contributed by atoms with Gasteiger partial charge in [0.05, 0.1) is 19.8 Å². The number of amides is 1. The van der Waals surface area contributed by atoms with E-state index in [1.54, 1.807) is 30.3 Å². The van der Waals surface area contributed by atoms with Crippen LogP contribution in [0.25, 0.3) is 11.4 Å². The number of morpholine rings is 1. The number of rotatable bonds is 10. The summed E-state index contributed by atoms with van der Waals surface area (Å²) in [5, 5.41) is 16.4. The van der Waals surface area contributed by atoms with Crippen LogP contribution in [0.5, 0.6) is 5.75 Å². The minimum absolute atomic E-state index is 0.0119. The summed E-state index contributed by atoms with van der Waals surface area (Å²) in [6.45, 7) is 10.8. The molecule has 5 N–H and O–H groups in total. The van der Waals surface area contributed by atoms with Gasteiger partial charge >= 0.3 is 0 Å². The van der Waals surface area contributed by atoms with Crippen molar-refractivity contribution in [3.8, 4) is 17.1 Å². The Labute approximate surface area is 257 Å². The molecular formula is C33H39N7O4. The molecule has 5 rings (SSSR count). The first kappa shape index (κ1) is 30.9. The molecule has 1 saturated heterocycles. The van der Waals surface area contributed by atoms with Crippen LogP contribution in [-0.4, -0.2) is 70.3 Å². The average Bonchev–Trinajstić information content (AvgIpc) is 3.01. The number of benzene rings is 3. The molecule has 0 bridgehead atoms. The molecule has 3 aromatic carbocycles. The van der Waals surface area contributed by atoms with E-state index in [0.717, 1.165) is 49.8 Å². The van der Waals surface area contributed by atoms with Crippen molar-refractivity contribution in [3.05, 3.63) is 83.4 Å². The fourth-order valence-electron chi connectivity index (χ4n) is 4.85. The number of aliphatic hydroxyl groups excluding tert-OH is 1. The highest BCUT2D eigenvalue weighted by molar-refractivity contribution is 6.05. The Balaban J connectivity index is 1.28. The Bertz CT molecular complexity index is 1570. The standard InChI is InChI=1S/C33H39N7O4/c1-33(2,3)23-9-7-22(8-10-23)30(42)36-28-6-4-5-26(27(28)21-41)29-37-31(34)39-32(38-29)35-24-11-13-25(14-12-24)44-20-17-40-15-18-43-19-16-40/h4-14,41H,15-21H2,1-3H3,(H,36,42)(H3,34,35,37,38,39). The Morgan fingerprint density at radius 2 is 1.73 bits per heavy atom. The van der Waals surface area contributed by atoms with Gasteiger partial charge in [-0.1, -0.05) is 45.0 Å². The van der Waals surface area contributed by atoms with Crippen LogP contribution in [0, 0.1) is 0 Å². The number of hydrogen-bond acceptors (Lipinski definition) is 10. The minimum Gasteiger partial charge on any atom is -0.492 e. The molecule has 1 amide bonds. The Kier molecular flexibility index (Phi) is 9.69. The molecule has 11 heteroatoms. The number of aliphatic hydroxyl groups is 1. The molecule has 230 valence electrons. The van der Waals surface area contributed by atoms with E-state index in [1.165, 1.54) is 0 Å². The van der Waals surface area contributed by atoms with Crippen LogP contribution < -0.4 is 21.1 Å². The van der Waals surface area contributed by atoms with Gasteiger partial charge in [0.2, 0.25) is 11.9 Å². The summed E-state index contributed by atoms with van der Waals surface area (Å²) in [4.78, 5) is 28.5. The van der Waals surface area contributed by atoms with Crippen molar-refractivity contribution in [2.75, 3.05) is 55.8 Å². The second kappa shape index (κ2) is 13.8. The van der Waals surface area contributed by atoms with Crippen LogP contribution in [0.15, 0.2) is 66.7 Å². The van der Waals surface area contributed by atoms with Crippen molar-refractivity contribution in [1.29, 1.82) is 0 Å². The van der Waals surface area contributed by atoms with Crippen LogP contribution in [0.4, 0.5) is 23.3 Å². The third kappa shape index (κ3) is 7.87. The van der Waals surface area contributed by atoms with Crippen LogP contribution >= 0.6 is 0 Å². The lowest BCUT2D eigenvalue weighted by Gasteiger charge is -2.26. The molecule has 1 aromatic heterocycles. The summed E-state index contributed by atoms with van der Waals surface area (Å²) in [5.74, 6) is 0.987. The van der Waals surface area contributed by atoms with Crippen LogP contribution in [0.1, 0.15) is 42.3 Å². The lowest BCUT2D eigenvalue weighted by atomic mass is 9.86. The molecule has 44 heavy (non-hydrogen) atoms. The van der Waals surface area contributed by atoms with Gasteiger partial charge in [0, 0.05) is 47.7 Å². The number of nitrogen functional groups attached to an aromatic ring is 1. The summed E-state index contributed by atoms with van der Waals surface area (Å²) in [7, 11) is 0. The summed E-state index contributed by atoms with van der Waals surface area (Å²) in [5.41, 5.74) is 9.85. The zero-order chi connectivity index (χ0) is 31.1. The number of aromatic nitrogens is 3. The van der Waals surface area contributed by atoms with E-state index in [4.69, 9.17) is 15.2 Å². The lowest BCUT2D eigenvalue weighted by molar-refractivity contribution is 0.0322. The van der Waals surface area contributed by atoms with Crippen LogP contribution in [0.2, 0.25) is 0 Å². The normalized spacial score (nSPS) is 13.8. The van der Waals surface area contributed by atoms with Crippen molar-refractivity contribution in [3.63, 3.8) is 0 Å². The van der Waals surface area contributed by atoms with Gasteiger partial charge in [-0.2, -0.15) is 15.0 Å². The fourth-order valence-corrected chi connectivity index (χ4v) is 4.85. The quantitative estimate of drug-likeness (QED) is 0.204. The van der Waals surface area contributed by atoms with E-state index in [2.05, 4.69) is 51.3 Å². The number of hydrogen-bond donors (Lipinski definition) is 4. The van der Waals surface area contributed by atoms with Crippen molar-refractivity contribution in [1.82, 2.24) is 19.9 Å². The van der Waals surface area contributed by atoms with Crippen molar-refractivity contribution >= 4 is 29.2 Å². The van der Waals surface area contributed by atoms with Crippen molar-refractivity contribution < 1.29 is 19.4 Å². The van der Waals surface area contributed by atoms with Gasteiger partial charge in [-0.25, -0.2) is 0 Å². The number of anilines is 4. The summed E-state index contributed by atoms with van der Waals surface area (Å²) in [6, 6.07) is 20.2. The Morgan fingerprint density at radius 1 is 1.00 bits per heavy atom. The molecule has 0 saturated carbocycles. The van der Waals surface area contributed by atoms with Crippen molar-refractivity contribution in [2.24, 2.45) is 0 Å². The number of nitrogens with two attached hydrogens (primary N) is 1. The fraction of sp³-hybridized carbons (Fsp3) is 0.333. The molecule has 4 aromatic rings. The predicted octanol–water partition coefficient (Wildman–Crippen LogP) is 4.62. The summed E-state index contributed by atoms with van der Waals surface area (Å²) in [6.07, 6.45) is 0. The second-order valence-corrected chi connectivity index (χ2v) is 11.6. The van der Waals surface area contributed by atoms with Crippen LogP contribution in [-0.2, 0) is 16.8 Å². The molecule has 1 aliphatic rings. The first-order valence-corrected chi connectivity index (χ1v) is 14.7. The molecule has 2 heterocycles. The Morgan fingerprint density at radius 3 is 2.41 bits per heavy atom. The summed E-state index contributed by atoms with van der Waals surface area (Å²) >= 11 is 0. The molecule has 0 unspecified atom stereocenters. The molecule has 11 nitrogen and oxygen atoms in total. The first-order chi connectivity index (χ1) is 21.2. The van der Waals surface area contributed by atoms with Crippen LogP contribution in [0.3, 0.4) is 0 Å². The maximum Gasteiger partial charge on any atom is 0.255 e. The zero-order valence-corrected chi connectivity index (χ0v) is 25.3. The van der Waals surface area contributed by atoms with E-state index in [-0.39, 0.29) is 35.7 Å². The monoisotopic (exact) mass is 597 g/mol. The van der Waals surface area contributed by atoms with E-state index >= 15 is 0 Å². The van der Waals surface area contributed by atoms with E-state index in [9.17, 15) is 9.90 Å². The van der Waals surface area contributed by atoms with Gasteiger partial charge in [0.1, 0.15) is 12.4 Å². The topological polar surface area (TPSA) is 148 Å².